The second-order valence-electron chi connectivity index (χ2n) is 6.64. The van der Waals surface area contributed by atoms with E-state index in [0.29, 0.717) is 11.9 Å². The van der Waals surface area contributed by atoms with Crippen molar-refractivity contribution in [3.05, 3.63) is 0 Å². The molecule has 1 amide bonds. The van der Waals surface area contributed by atoms with Crippen molar-refractivity contribution in [3.63, 3.8) is 0 Å². The van der Waals surface area contributed by atoms with Crippen LogP contribution in [0.5, 0.6) is 0 Å². The number of carbonyl (C=O) groups excluding carboxylic acids is 1. The van der Waals surface area contributed by atoms with Crippen LogP contribution in [0.3, 0.4) is 0 Å². The summed E-state index contributed by atoms with van der Waals surface area (Å²) < 4.78 is 0. The van der Waals surface area contributed by atoms with Crippen LogP contribution in [0.2, 0.25) is 0 Å². The van der Waals surface area contributed by atoms with Gasteiger partial charge in [-0.15, -0.1) is 24.8 Å². The van der Waals surface area contributed by atoms with Crippen LogP contribution < -0.4 is 5.32 Å². The van der Waals surface area contributed by atoms with E-state index in [9.17, 15) is 4.79 Å². The Hall–Kier alpha value is -0.0300. The van der Waals surface area contributed by atoms with Crippen molar-refractivity contribution in [1.29, 1.82) is 0 Å². The molecule has 0 saturated carbocycles. The highest BCUT2D eigenvalue weighted by Gasteiger charge is 2.24. The van der Waals surface area contributed by atoms with Gasteiger partial charge in [-0.1, -0.05) is 13.8 Å². The van der Waals surface area contributed by atoms with Gasteiger partial charge in [0.2, 0.25) is 5.91 Å². The van der Waals surface area contributed by atoms with Crippen LogP contribution in [-0.2, 0) is 4.79 Å². The number of likely N-dealkylation sites (tertiary alicyclic amines) is 1. The minimum absolute atomic E-state index is 0. The number of amides is 1. The SMILES string of the molecule is CCN(CC)CC1CCN(C(=O)CCC2CCCN2)CC1.Cl.Cl. The highest BCUT2D eigenvalue weighted by molar-refractivity contribution is 5.85. The fourth-order valence-corrected chi connectivity index (χ4v) is 3.67. The van der Waals surface area contributed by atoms with E-state index in [1.54, 1.807) is 0 Å². The summed E-state index contributed by atoms with van der Waals surface area (Å²) >= 11 is 0. The van der Waals surface area contributed by atoms with Crippen molar-refractivity contribution in [3.8, 4) is 0 Å². The van der Waals surface area contributed by atoms with Crippen LogP contribution in [0.4, 0.5) is 0 Å². The molecule has 1 N–H and O–H groups in total. The summed E-state index contributed by atoms with van der Waals surface area (Å²) in [4.78, 5) is 16.9. The number of hydrogen-bond acceptors (Lipinski definition) is 3. The predicted molar refractivity (Wildman–Crippen MR) is 102 cm³/mol. The zero-order valence-electron chi connectivity index (χ0n) is 14.8. The zero-order valence-corrected chi connectivity index (χ0v) is 16.4. The van der Waals surface area contributed by atoms with Gasteiger partial charge in [-0.05, 0) is 57.7 Å². The highest BCUT2D eigenvalue weighted by Crippen LogP contribution is 2.20. The minimum Gasteiger partial charge on any atom is -0.343 e. The average molecular weight is 368 g/mol. The van der Waals surface area contributed by atoms with Gasteiger partial charge in [-0.3, -0.25) is 4.79 Å². The van der Waals surface area contributed by atoms with Gasteiger partial charge < -0.3 is 15.1 Å². The lowest BCUT2D eigenvalue weighted by molar-refractivity contribution is -0.132. The summed E-state index contributed by atoms with van der Waals surface area (Å²) in [7, 11) is 0. The Bertz CT molecular complexity index is 313. The maximum absolute atomic E-state index is 12.3. The molecular weight excluding hydrogens is 333 g/mol. The molecule has 2 aliphatic heterocycles. The standard InChI is InChI=1S/C17H33N3O.2ClH/c1-3-19(4-2)14-15-9-12-20(13-10-15)17(21)8-7-16-6-5-11-18-16;;/h15-16,18H,3-14H2,1-2H3;2*1H. The van der Waals surface area contributed by atoms with E-state index < -0.39 is 0 Å². The third kappa shape index (κ3) is 7.59. The van der Waals surface area contributed by atoms with E-state index in [4.69, 9.17) is 0 Å². The Labute approximate surface area is 154 Å². The van der Waals surface area contributed by atoms with Crippen molar-refractivity contribution < 1.29 is 4.79 Å². The summed E-state index contributed by atoms with van der Waals surface area (Å²) in [6.45, 7) is 11.1. The number of carbonyl (C=O) groups is 1. The van der Waals surface area contributed by atoms with Crippen molar-refractivity contribution in [2.24, 2.45) is 5.92 Å². The summed E-state index contributed by atoms with van der Waals surface area (Å²) in [5.74, 6) is 1.16. The number of rotatable bonds is 7. The predicted octanol–water partition coefficient (Wildman–Crippen LogP) is 2.94. The third-order valence-corrected chi connectivity index (χ3v) is 5.25. The molecule has 1 atom stereocenters. The van der Waals surface area contributed by atoms with Gasteiger partial charge in [0, 0.05) is 32.1 Å². The van der Waals surface area contributed by atoms with E-state index in [0.717, 1.165) is 51.5 Å². The van der Waals surface area contributed by atoms with Crippen LogP contribution in [0, 0.1) is 5.92 Å². The molecule has 0 spiro atoms. The van der Waals surface area contributed by atoms with Crippen LogP contribution >= 0.6 is 24.8 Å². The lowest BCUT2D eigenvalue weighted by Gasteiger charge is -2.34. The van der Waals surface area contributed by atoms with Crippen LogP contribution in [0.15, 0.2) is 0 Å². The Morgan fingerprint density at radius 2 is 1.78 bits per heavy atom. The van der Waals surface area contributed by atoms with Gasteiger partial charge in [0.1, 0.15) is 0 Å². The molecule has 0 aliphatic carbocycles. The van der Waals surface area contributed by atoms with Crippen molar-refractivity contribution in [2.45, 2.75) is 58.4 Å². The Morgan fingerprint density at radius 1 is 1.13 bits per heavy atom. The molecule has 138 valence electrons. The molecule has 2 rings (SSSR count). The number of nitrogens with one attached hydrogen (secondary N) is 1. The first kappa shape index (κ1) is 23.0. The zero-order chi connectivity index (χ0) is 15.1. The molecule has 23 heavy (non-hydrogen) atoms. The lowest BCUT2D eigenvalue weighted by atomic mass is 9.95. The van der Waals surface area contributed by atoms with Crippen molar-refractivity contribution in [1.82, 2.24) is 15.1 Å². The van der Waals surface area contributed by atoms with E-state index in [-0.39, 0.29) is 24.8 Å². The smallest absolute Gasteiger partial charge is 0.222 e. The number of halogens is 2. The highest BCUT2D eigenvalue weighted by atomic mass is 35.5. The number of piperidine rings is 1. The molecular formula is C17H35Cl2N3O. The molecule has 2 heterocycles. The first-order valence-electron chi connectivity index (χ1n) is 8.96. The molecule has 1 unspecified atom stereocenters. The van der Waals surface area contributed by atoms with Gasteiger partial charge in [0.15, 0.2) is 0 Å². The molecule has 0 radical (unpaired) electrons. The average Bonchev–Trinajstić information content (AvgIpc) is 3.04. The second-order valence-corrected chi connectivity index (χ2v) is 6.64. The molecule has 0 aromatic heterocycles. The van der Waals surface area contributed by atoms with Crippen molar-refractivity contribution in [2.75, 3.05) is 39.3 Å². The molecule has 0 aromatic carbocycles. The van der Waals surface area contributed by atoms with E-state index in [1.165, 1.54) is 32.2 Å². The largest absolute Gasteiger partial charge is 0.343 e. The second kappa shape index (κ2) is 12.3. The summed E-state index contributed by atoms with van der Waals surface area (Å²) in [6.07, 6.45) is 6.65. The van der Waals surface area contributed by atoms with Crippen LogP contribution in [-0.4, -0.2) is 61.0 Å². The molecule has 2 saturated heterocycles. The molecule has 2 aliphatic rings. The molecule has 4 nitrogen and oxygen atoms in total. The molecule has 6 heteroatoms. The van der Waals surface area contributed by atoms with Crippen molar-refractivity contribution >= 4 is 30.7 Å². The van der Waals surface area contributed by atoms with Gasteiger partial charge >= 0.3 is 0 Å². The fourth-order valence-electron chi connectivity index (χ4n) is 3.67. The summed E-state index contributed by atoms with van der Waals surface area (Å²) in [5.41, 5.74) is 0. The molecule has 0 aromatic rings. The molecule has 2 fully saturated rings. The lowest BCUT2D eigenvalue weighted by Crippen LogP contribution is -2.42. The normalized spacial score (nSPS) is 21.9. The summed E-state index contributed by atoms with van der Waals surface area (Å²) in [5, 5.41) is 3.48. The Kier molecular flexibility index (Phi) is 12.3. The van der Waals surface area contributed by atoms with E-state index in [1.807, 2.05) is 0 Å². The molecule has 0 bridgehead atoms. The first-order chi connectivity index (χ1) is 10.2. The van der Waals surface area contributed by atoms with Crippen LogP contribution in [0.1, 0.15) is 52.4 Å². The first-order valence-corrected chi connectivity index (χ1v) is 8.96. The van der Waals surface area contributed by atoms with E-state index >= 15 is 0 Å². The van der Waals surface area contributed by atoms with Gasteiger partial charge in [0.25, 0.3) is 0 Å². The summed E-state index contributed by atoms with van der Waals surface area (Å²) in [6, 6.07) is 0.592. The van der Waals surface area contributed by atoms with Gasteiger partial charge in [-0.25, -0.2) is 0 Å². The topological polar surface area (TPSA) is 35.6 Å². The third-order valence-electron chi connectivity index (χ3n) is 5.25. The number of hydrogen-bond donors (Lipinski definition) is 1. The maximum Gasteiger partial charge on any atom is 0.222 e. The quantitative estimate of drug-likeness (QED) is 0.751. The van der Waals surface area contributed by atoms with Gasteiger partial charge in [0.05, 0.1) is 0 Å². The Balaban J connectivity index is 0.00000242. The number of nitrogens with zero attached hydrogens (tertiary/aromatic N) is 2. The van der Waals surface area contributed by atoms with Gasteiger partial charge in [-0.2, -0.15) is 0 Å². The monoisotopic (exact) mass is 367 g/mol. The fraction of sp³-hybridized carbons (Fsp3) is 0.941. The minimum atomic E-state index is 0. The maximum atomic E-state index is 12.3. The van der Waals surface area contributed by atoms with Crippen LogP contribution in [0.25, 0.3) is 0 Å². The Morgan fingerprint density at radius 3 is 2.30 bits per heavy atom. The van der Waals surface area contributed by atoms with E-state index in [2.05, 4.69) is 29.0 Å².